The molecule has 3 heterocycles. The number of anilines is 1. The molecule has 0 saturated heterocycles. The van der Waals surface area contributed by atoms with Crippen LogP contribution in [0.5, 0.6) is 0 Å². The largest absolute Gasteiger partial charge is 0.385 e. The number of nitrogens with one attached hydrogen (secondary N) is 1. The lowest BCUT2D eigenvalue weighted by Crippen LogP contribution is -2.12. The lowest BCUT2D eigenvalue weighted by molar-refractivity contribution is 0.432. The minimum Gasteiger partial charge on any atom is -0.385 e. The number of aromatic nitrogens is 3. The SMILES string of the molecule is c1cc2c(c(-c3nc(-c4ccncc4)no3)c1)CCCN2. The van der Waals surface area contributed by atoms with Crippen molar-refractivity contribution in [1.82, 2.24) is 15.1 Å². The van der Waals surface area contributed by atoms with Crippen LogP contribution in [0.1, 0.15) is 12.0 Å². The molecule has 0 radical (unpaired) electrons. The summed E-state index contributed by atoms with van der Waals surface area (Å²) in [5.74, 6) is 1.16. The van der Waals surface area contributed by atoms with Crippen LogP contribution < -0.4 is 5.32 Å². The first-order valence-electron chi connectivity index (χ1n) is 7.02. The van der Waals surface area contributed by atoms with E-state index < -0.39 is 0 Å². The van der Waals surface area contributed by atoms with Crippen molar-refractivity contribution in [3.63, 3.8) is 0 Å². The Bertz CT molecular complexity index is 767. The molecular weight excluding hydrogens is 264 g/mol. The third kappa shape index (κ3) is 2.16. The monoisotopic (exact) mass is 278 g/mol. The normalized spacial score (nSPS) is 13.5. The van der Waals surface area contributed by atoms with E-state index in [2.05, 4.69) is 26.5 Å². The minimum atomic E-state index is 0.572. The van der Waals surface area contributed by atoms with Gasteiger partial charge < -0.3 is 9.84 Å². The van der Waals surface area contributed by atoms with E-state index in [0.717, 1.165) is 30.5 Å². The van der Waals surface area contributed by atoms with Crippen molar-refractivity contribution in [3.8, 4) is 22.8 Å². The zero-order valence-corrected chi connectivity index (χ0v) is 11.4. The summed E-state index contributed by atoms with van der Waals surface area (Å²) in [5.41, 5.74) is 4.35. The Kier molecular flexibility index (Phi) is 2.88. The summed E-state index contributed by atoms with van der Waals surface area (Å²) in [6.45, 7) is 1.02. The third-order valence-electron chi connectivity index (χ3n) is 3.69. The standard InChI is InChI=1S/C16H14N4O/c1-3-13(12-4-2-8-18-14(12)5-1)16-19-15(20-21-16)11-6-9-17-10-7-11/h1,3,5-7,9-10,18H,2,4,8H2. The van der Waals surface area contributed by atoms with Crippen LogP contribution in [0.3, 0.4) is 0 Å². The maximum Gasteiger partial charge on any atom is 0.258 e. The summed E-state index contributed by atoms with van der Waals surface area (Å²) in [6, 6.07) is 9.89. The molecule has 104 valence electrons. The summed E-state index contributed by atoms with van der Waals surface area (Å²) >= 11 is 0. The van der Waals surface area contributed by atoms with Crippen LogP contribution in [-0.2, 0) is 6.42 Å². The molecule has 0 spiro atoms. The van der Waals surface area contributed by atoms with E-state index in [1.54, 1.807) is 12.4 Å². The van der Waals surface area contributed by atoms with Crippen molar-refractivity contribution >= 4 is 5.69 Å². The van der Waals surface area contributed by atoms with Gasteiger partial charge in [0.1, 0.15) is 0 Å². The molecule has 0 fully saturated rings. The molecular formula is C16H14N4O. The molecule has 5 heteroatoms. The van der Waals surface area contributed by atoms with Crippen LogP contribution in [0, 0.1) is 0 Å². The predicted molar refractivity (Wildman–Crippen MR) is 79.8 cm³/mol. The van der Waals surface area contributed by atoms with Crippen LogP contribution in [0.2, 0.25) is 0 Å². The van der Waals surface area contributed by atoms with Crippen LogP contribution in [0.15, 0.2) is 47.2 Å². The number of rotatable bonds is 2. The topological polar surface area (TPSA) is 63.8 Å². The van der Waals surface area contributed by atoms with E-state index in [-0.39, 0.29) is 0 Å². The fourth-order valence-electron chi connectivity index (χ4n) is 2.66. The molecule has 0 atom stereocenters. The number of benzene rings is 1. The van der Waals surface area contributed by atoms with Crippen molar-refractivity contribution < 1.29 is 4.52 Å². The summed E-state index contributed by atoms with van der Waals surface area (Å²) in [7, 11) is 0. The highest BCUT2D eigenvalue weighted by Crippen LogP contribution is 2.32. The van der Waals surface area contributed by atoms with Crippen molar-refractivity contribution in [1.29, 1.82) is 0 Å². The van der Waals surface area contributed by atoms with Gasteiger partial charge in [0.05, 0.1) is 0 Å². The molecule has 0 saturated carbocycles. The molecule has 21 heavy (non-hydrogen) atoms. The molecule has 1 aliphatic rings. The van der Waals surface area contributed by atoms with E-state index in [9.17, 15) is 0 Å². The van der Waals surface area contributed by atoms with Crippen molar-refractivity contribution in [2.75, 3.05) is 11.9 Å². The van der Waals surface area contributed by atoms with E-state index in [1.165, 1.54) is 11.3 Å². The van der Waals surface area contributed by atoms with Gasteiger partial charge in [0.15, 0.2) is 0 Å². The van der Waals surface area contributed by atoms with Crippen molar-refractivity contribution in [2.24, 2.45) is 0 Å². The Labute approximate surface area is 122 Å². The first kappa shape index (κ1) is 12.1. The second kappa shape index (κ2) is 5.01. The fourth-order valence-corrected chi connectivity index (χ4v) is 2.66. The van der Waals surface area contributed by atoms with E-state index >= 15 is 0 Å². The smallest absolute Gasteiger partial charge is 0.258 e. The molecule has 4 rings (SSSR count). The second-order valence-electron chi connectivity index (χ2n) is 5.02. The Morgan fingerprint density at radius 2 is 2.00 bits per heavy atom. The molecule has 2 aromatic heterocycles. The minimum absolute atomic E-state index is 0.572. The van der Waals surface area contributed by atoms with Gasteiger partial charge in [-0.05, 0) is 42.7 Å². The van der Waals surface area contributed by atoms with Crippen molar-refractivity contribution in [2.45, 2.75) is 12.8 Å². The van der Waals surface area contributed by atoms with Crippen LogP contribution in [0.25, 0.3) is 22.8 Å². The van der Waals surface area contributed by atoms with Gasteiger partial charge in [0.2, 0.25) is 5.82 Å². The quantitative estimate of drug-likeness (QED) is 0.780. The molecule has 1 aromatic carbocycles. The van der Waals surface area contributed by atoms with Gasteiger partial charge in [-0.25, -0.2) is 0 Å². The molecule has 0 bridgehead atoms. The Hall–Kier alpha value is -2.69. The number of hydrogen-bond donors (Lipinski definition) is 1. The highest BCUT2D eigenvalue weighted by atomic mass is 16.5. The lowest BCUT2D eigenvalue weighted by atomic mass is 9.97. The highest BCUT2D eigenvalue weighted by molar-refractivity contribution is 5.70. The molecule has 3 aromatic rings. The molecule has 0 unspecified atom stereocenters. The van der Waals surface area contributed by atoms with Crippen LogP contribution >= 0.6 is 0 Å². The summed E-state index contributed by atoms with van der Waals surface area (Å²) in [6.07, 6.45) is 5.60. The molecule has 0 aliphatic carbocycles. The number of fused-ring (bicyclic) bond motifs is 1. The number of hydrogen-bond acceptors (Lipinski definition) is 5. The van der Waals surface area contributed by atoms with Gasteiger partial charge in [0, 0.05) is 35.8 Å². The first-order chi connectivity index (χ1) is 10.4. The van der Waals surface area contributed by atoms with E-state index in [4.69, 9.17) is 4.52 Å². The first-order valence-corrected chi connectivity index (χ1v) is 7.02. The summed E-state index contributed by atoms with van der Waals surface area (Å²) < 4.78 is 5.46. The maximum atomic E-state index is 5.46. The third-order valence-corrected chi connectivity index (χ3v) is 3.69. The van der Waals surface area contributed by atoms with E-state index in [1.807, 2.05) is 24.3 Å². The van der Waals surface area contributed by atoms with E-state index in [0.29, 0.717) is 11.7 Å². The summed E-state index contributed by atoms with van der Waals surface area (Å²) in [5, 5.41) is 7.49. The van der Waals surface area contributed by atoms with Crippen LogP contribution in [0.4, 0.5) is 5.69 Å². The van der Waals surface area contributed by atoms with Crippen LogP contribution in [-0.4, -0.2) is 21.7 Å². The number of pyridine rings is 1. The van der Waals surface area contributed by atoms with Gasteiger partial charge in [-0.3, -0.25) is 4.98 Å². The summed E-state index contributed by atoms with van der Waals surface area (Å²) in [4.78, 5) is 8.52. The average molecular weight is 278 g/mol. The Morgan fingerprint density at radius 3 is 2.90 bits per heavy atom. The van der Waals surface area contributed by atoms with Gasteiger partial charge >= 0.3 is 0 Å². The average Bonchev–Trinajstić information content (AvgIpc) is 3.05. The zero-order chi connectivity index (χ0) is 14.1. The second-order valence-corrected chi connectivity index (χ2v) is 5.02. The Morgan fingerprint density at radius 1 is 1.10 bits per heavy atom. The zero-order valence-electron chi connectivity index (χ0n) is 11.4. The fraction of sp³-hybridized carbons (Fsp3) is 0.188. The Balaban J connectivity index is 1.77. The van der Waals surface area contributed by atoms with Gasteiger partial charge in [-0.2, -0.15) is 4.98 Å². The highest BCUT2D eigenvalue weighted by Gasteiger charge is 2.18. The van der Waals surface area contributed by atoms with Gasteiger partial charge in [-0.15, -0.1) is 0 Å². The van der Waals surface area contributed by atoms with Crippen molar-refractivity contribution in [3.05, 3.63) is 48.3 Å². The maximum absolute atomic E-state index is 5.46. The number of nitrogens with zero attached hydrogens (tertiary/aromatic N) is 3. The molecule has 0 amide bonds. The molecule has 5 nitrogen and oxygen atoms in total. The molecule has 1 N–H and O–H groups in total. The van der Waals surface area contributed by atoms with Gasteiger partial charge in [-0.1, -0.05) is 11.2 Å². The van der Waals surface area contributed by atoms with Gasteiger partial charge in [0.25, 0.3) is 5.89 Å². The lowest BCUT2D eigenvalue weighted by Gasteiger charge is -2.19. The molecule has 1 aliphatic heterocycles. The predicted octanol–water partition coefficient (Wildman–Crippen LogP) is 3.16.